The van der Waals surface area contributed by atoms with Crippen LogP contribution in [0.15, 0.2) is 34.9 Å². The zero-order valence-corrected chi connectivity index (χ0v) is 17.8. The van der Waals surface area contributed by atoms with Crippen molar-refractivity contribution >= 4 is 23.5 Å². The number of nitrogens with two attached hydrogens (primary N) is 2. The van der Waals surface area contributed by atoms with E-state index < -0.39 is 5.91 Å². The van der Waals surface area contributed by atoms with E-state index in [1.807, 2.05) is 26.0 Å². The highest BCUT2D eigenvalue weighted by Crippen LogP contribution is 2.48. The van der Waals surface area contributed by atoms with Gasteiger partial charge in [0, 0.05) is 23.1 Å². The van der Waals surface area contributed by atoms with Crippen molar-refractivity contribution in [1.82, 2.24) is 14.9 Å². The Labute approximate surface area is 179 Å². The summed E-state index contributed by atoms with van der Waals surface area (Å²) in [6, 6.07) is 8.98. The number of rotatable bonds is 7. The second-order valence-corrected chi connectivity index (χ2v) is 8.57. The molecule has 0 atom stereocenters. The molecule has 2 heterocycles. The first kappa shape index (κ1) is 20.6. The number of carbonyl (C=O) groups excluding carboxylic acids is 2. The van der Waals surface area contributed by atoms with E-state index >= 15 is 0 Å². The molecule has 0 unspecified atom stereocenters. The third-order valence-corrected chi connectivity index (χ3v) is 5.65. The molecule has 3 aromatic rings. The molecule has 0 aliphatic heterocycles. The topological polar surface area (TPSA) is 142 Å². The molecule has 0 radical (unpaired) electrons. The number of nitrogens with one attached hydrogen (secondary N) is 1. The van der Waals surface area contributed by atoms with Crippen LogP contribution in [0, 0.1) is 0 Å². The average molecular weight is 422 g/mol. The summed E-state index contributed by atoms with van der Waals surface area (Å²) in [5.74, 6) is 0.644. The second kappa shape index (κ2) is 7.57. The summed E-state index contributed by atoms with van der Waals surface area (Å²) in [6.45, 7) is 5.95. The van der Waals surface area contributed by atoms with E-state index in [1.54, 1.807) is 22.9 Å². The van der Waals surface area contributed by atoms with Gasteiger partial charge in [-0.15, -0.1) is 0 Å². The van der Waals surface area contributed by atoms with Crippen LogP contribution in [0.3, 0.4) is 0 Å². The van der Waals surface area contributed by atoms with Crippen LogP contribution in [-0.4, -0.2) is 26.8 Å². The Hall–Kier alpha value is -3.62. The number of hydrogen-bond acceptors (Lipinski definition) is 6. The molecule has 2 aromatic heterocycles. The van der Waals surface area contributed by atoms with Crippen molar-refractivity contribution in [3.8, 4) is 11.3 Å². The van der Waals surface area contributed by atoms with E-state index in [-0.39, 0.29) is 35.2 Å². The molecule has 9 nitrogen and oxygen atoms in total. The number of carbonyl (C=O) groups is 2. The van der Waals surface area contributed by atoms with Gasteiger partial charge in [-0.1, -0.05) is 36.3 Å². The van der Waals surface area contributed by atoms with E-state index in [2.05, 4.69) is 22.5 Å². The Morgan fingerprint density at radius 1 is 1.26 bits per heavy atom. The van der Waals surface area contributed by atoms with Crippen LogP contribution in [0.5, 0.6) is 0 Å². The molecule has 1 saturated carbocycles. The number of benzene rings is 1. The molecule has 0 spiro atoms. The zero-order valence-electron chi connectivity index (χ0n) is 17.8. The molecule has 1 aromatic carbocycles. The SMILES string of the molecule is CC(C)n1nc(-c2ccc(CC(=O)Nc3cc(C4(C)CC4)on3)cc2)c(C(N)=O)c1N. The molecule has 0 bridgehead atoms. The number of primary amides is 1. The van der Waals surface area contributed by atoms with Gasteiger partial charge in [-0.3, -0.25) is 9.59 Å². The van der Waals surface area contributed by atoms with Crippen LogP contribution in [0.1, 0.15) is 61.3 Å². The Morgan fingerprint density at radius 3 is 2.52 bits per heavy atom. The maximum absolute atomic E-state index is 12.4. The lowest BCUT2D eigenvalue weighted by Gasteiger charge is -2.07. The van der Waals surface area contributed by atoms with Crippen LogP contribution in [-0.2, 0) is 16.6 Å². The number of anilines is 2. The van der Waals surface area contributed by atoms with Gasteiger partial charge in [-0.05, 0) is 32.3 Å². The van der Waals surface area contributed by atoms with Gasteiger partial charge in [-0.25, -0.2) is 4.68 Å². The van der Waals surface area contributed by atoms with Crippen molar-refractivity contribution < 1.29 is 14.1 Å². The van der Waals surface area contributed by atoms with Crippen LogP contribution in [0.25, 0.3) is 11.3 Å². The maximum Gasteiger partial charge on any atom is 0.254 e. The molecule has 31 heavy (non-hydrogen) atoms. The van der Waals surface area contributed by atoms with Gasteiger partial charge < -0.3 is 21.3 Å². The Kier molecular flexibility index (Phi) is 5.04. The van der Waals surface area contributed by atoms with Crippen molar-refractivity contribution in [1.29, 1.82) is 0 Å². The van der Waals surface area contributed by atoms with Crippen molar-refractivity contribution in [3.63, 3.8) is 0 Å². The van der Waals surface area contributed by atoms with Crippen LogP contribution in [0.2, 0.25) is 0 Å². The predicted molar refractivity (Wildman–Crippen MR) is 116 cm³/mol. The van der Waals surface area contributed by atoms with Gasteiger partial charge in [-0.2, -0.15) is 5.10 Å². The molecule has 2 amide bonds. The molecule has 4 rings (SSSR count). The number of nitrogen functional groups attached to an aromatic ring is 1. The maximum atomic E-state index is 12.4. The Bertz CT molecular complexity index is 1140. The Balaban J connectivity index is 1.47. The lowest BCUT2D eigenvalue weighted by atomic mass is 10.0. The summed E-state index contributed by atoms with van der Waals surface area (Å²) >= 11 is 0. The minimum atomic E-state index is -0.630. The van der Waals surface area contributed by atoms with Gasteiger partial charge in [0.2, 0.25) is 5.91 Å². The monoisotopic (exact) mass is 422 g/mol. The third-order valence-electron chi connectivity index (χ3n) is 5.65. The summed E-state index contributed by atoms with van der Waals surface area (Å²) in [4.78, 5) is 24.3. The van der Waals surface area contributed by atoms with Gasteiger partial charge in [0.05, 0.1) is 6.42 Å². The highest BCUT2D eigenvalue weighted by molar-refractivity contribution is 6.03. The summed E-state index contributed by atoms with van der Waals surface area (Å²) in [5.41, 5.74) is 13.8. The first-order valence-corrected chi connectivity index (χ1v) is 10.2. The minimum absolute atomic E-state index is 0.0191. The fourth-order valence-corrected chi connectivity index (χ4v) is 3.49. The third kappa shape index (κ3) is 4.03. The molecular formula is C22H26N6O3. The fraction of sp³-hybridized carbons (Fsp3) is 0.364. The largest absolute Gasteiger partial charge is 0.383 e. The van der Waals surface area contributed by atoms with E-state index in [0.29, 0.717) is 17.1 Å². The predicted octanol–water partition coefficient (Wildman–Crippen LogP) is 3.03. The summed E-state index contributed by atoms with van der Waals surface area (Å²) in [6.07, 6.45) is 2.31. The highest BCUT2D eigenvalue weighted by Gasteiger charge is 2.43. The zero-order chi connectivity index (χ0) is 22.3. The standard InChI is InChI=1S/C22H26N6O3/c1-12(2)28-20(23)18(21(24)30)19(26-28)14-6-4-13(5-7-14)10-17(29)25-16-11-15(31-27-16)22(3)8-9-22/h4-7,11-12H,8-10,23H2,1-3H3,(H2,24,30)(H,25,27,29). The van der Waals surface area contributed by atoms with Gasteiger partial charge >= 0.3 is 0 Å². The molecule has 1 fully saturated rings. The first-order chi connectivity index (χ1) is 14.7. The second-order valence-electron chi connectivity index (χ2n) is 8.57. The minimum Gasteiger partial charge on any atom is -0.383 e. The number of hydrogen-bond donors (Lipinski definition) is 3. The van der Waals surface area contributed by atoms with Crippen molar-refractivity contribution in [3.05, 3.63) is 47.2 Å². The van der Waals surface area contributed by atoms with Crippen molar-refractivity contribution in [2.45, 2.75) is 51.5 Å². The normalized spacial score (nSPS) is 14.6. The molecule has 1 aliphatic carbocycles. The van der Waals surface area contributed by atoms with E-state index in [4.69, 9.17) is 16.0 Å². The lowest BCUT2D eigenvalue weighted by molar-refractivity contribution is -0.115. The van der Waals surface area contributed by atoms with E-state index in [1.165, 1.54) is 0 Å². The molecule has 1 aliphatic rings. The molecule has 162 valence electrons. The Morgan fingerprint density at radius 2 is 1.94 bits per heavy atom. The van der Waals surface area contributed by atoms with Crippen LogP contribution >= 0.6 is 0 Å². The number of nitrogens with zero attached hydrogens (tertiary/aromatic N) is 3. The van der Waals surface area contributed by atoms with Crippen molar-refractivity contribution in [2.75, 3.05) is 11.1 Å². The van der Waals surface area contributed by atoms with Crippen LogP contribution in [0.4, 0.5) is 11.6 Å². The van der Waals surface area contributed by atoms with Gasteiger partial charge in [0.25, 0.3) is 5.91 Å². The number of amides is 2. The molecule has 5 N–H and O–H groups in total. The summed E-state index contributed by atoms with van der Waals surface area (Å²) in [7, 11) is 0. The van der Waals surface area contributed by atoms with Gasteiger partial charge in [0.1, 0.15) is 22.8 Å². The molecular weight excluding hydrogens is 396 g/mol. The van der Waals surface area contributed by atoms with E-state index in [9.17, 15) is 9.59 Å². The van der Waals surface area contributed by atoms with E-state index in [0.717, 1.165) is 24.2 Å². The van der Waals surface area contributed by atoms with Crippen LogP contribution < -0.4 is 16.8 Å². The quantitative estimate of drug-likeness (QED) is 0.534. The van der Waals surface area contributed by atoms with Crippen molar-refractivity contribution in [2.24, 2.45) is 5.73 Å². The molecule has 0 saturated heterocycles. The summed E-state index contributed by atoms with van der Waals surface area (Å²) < 4.78 is 6.92. The summed E-state index contributed by atoms with van der Waals surface area (Å²) in [5, 5.41) is 11.2. The average Bonchev–Trinajstić information content (AvgIpc) is 3.12. The van der Waals surface area contributed by atoms with Gasteiger partial charge in [0.15, 0.2) is 5.82 Å². The number of aromatic nitrogens is 3. The first-order valence-electron chi connectivity index (χ1n) is 10.2. The lowest BCUT2D eigenvalue weighted by Crippen LogP contribution is -2.15. The fourth-order valence-electron chi connectivity index (χ4n) is 3.49. The molecule has 9 heteroatoms. The smallest absolute Gasteiger partial charge is 0.254 e. The highest BCUT2D eigenvalue weighted by atomic mass is 16.5.